The molecule has 1 aromatic heterocycles. The van der Waals surface area contributed by atoms with Crippen LogP contribution in [-0.4, -0.2) is 48.0 Å². The molecule has 0 radical (unpaired) electrons. The molecule has 1 fully saturated rings. The van der Waals surface area contributed by atoms with Crippen LogP contribution < -0.4 is 5.32 Å². The molecule has 1 aromatic rings. The van der Waals surface area contributed by atoms with Gasteiger partial charge in [-0.25, -0.2) is 0 Å². The molecule has 19 heavy (non-hydrogen) atoms. The van der Waals surface area contributed by atoms with Crippen molar-refractivity contribution in [3.63, 3.8) is 0 Å². The van der Waals surface area contributed by atoms with Crippen LogP contribution in [0.25, 0.3) is 0 Å². The molecule has 1 N–H and O–H groups in total. The number of carbonyl (C=O) groups excluding carboxylic acids is 1. The van der Waals surface area contributed by atoms with E-state index in [4.69, 9.17) is 0 Å². The van der Waals surface area contributed by atoms with E-state index in [2.05, 4.69) is 28.6 Å². The topological polar surface area (TPSA) is 37.3 Å². The lowest BCUT2D eigenvalue weighted by atomic mass is 10.1. The maximum Gasteiger partial charge on any atom is 0.178 e. The molecule has 0 aromatic carbocycles. The van der Waals surface area contributed by atoms with Crippen LogP contribution in [0, 0.1) is 13.8 Å². The molecule has 0 aliphatic carbocycles. The van der Waals surface area contributed by atoms with Crippen LogP contribution >= 0.6 is 0 Å². The zero-order chi connectivity index (χ0) is 13.8. The van der Waals surface area contributed by atoms with Gasteiger partial charge < -0.3 is 9.88 Å². The Bertz CT molecular complexity index is 442. The van der Waals surface area contributed by atoms with Gasteiger partial charge in [0.15, 0.2) is 5.78 Å². The molecule has 0 bridgehead atoms. The number of hydrogen-bond donors (Lipinski definition) is 1. The van der Waals surface area contributed by atoms with E-state index in [1.165, 1.54) is 5.69 Å². The number of Topliss-reactive ketones (excluding diaryl/α,β-unsaturated/α-hetero) is 1. The monoisotopic (exact) mass is 263 g/mol. The summed E-state index contributed by atoms with van der Waals surface area (Å²) in [6, 6.07) is 2.04. The number of hydrogen-bond acceptors (Lipinski definition) is 3. The minimum atomic E-state index is 0.259. The van der Waals surface area contributed by atoms with E-state index in [1.807, 2.05) is 13.0 Å². The lowest BCUT2D eigenvalue weighted by Gasteiger charge is -2.18. The summed E-state index contributed by atoms with van der Waals surface area (Å²) in [7, 11) is 0. The van der Waals surface area contributed by atoms with Crippen molar-refractivity contribution in [1.29, 1.82) is 0 Å². The van der Waals surface area contributed by atoms with E-state index in [0.29, 0.717) is 6.54 Å². The highest BCUT2D eigenvalue weighted by Gasteiger charge is 2.18. The van der Waals surface area contributed by atoms with Crippen LogP contribution in [0.15, 0.2) is 6.07 Å². The molecule has 2 rings (SSSR count). The summed E-state index contributed by atoms with van der Waals surface area (Å²) < 4.78 is 2.21. The molecule has 0 unspecified atom stereocenters. The molecule has 106 valence electrons. The minimum absolute atomic E-state index is 0.259. The van der Waals surface area contributed by atoms with Crippen molar-refractivity contribution in [2.24, 2.45) is 0 Å². The molecular weight excluding hydrogens is 238 g/mol. The standard InChI is InChI=1S/C15H25N3O/c1-4-18-12(2)10-14(13(18)3)15(19)11-17-8-5-6-16-7-9-17/h10,16H,4-9,11H2,1-3H3. The second kappa shape index (κ2) is 6.35. The van der Waals surface area contributed by atoms with Gasteiger partial charge in [0.05, 0.1) is 6.54 Å². The molecule has 4 nitrogen and oxygen atoms in total. The summed E-state index contributed by atoms with van der Waals surface area (Å²) in [4.78, 5) is 14.7. The van der Waals surface area contributed by atoms with Gasteiger partial charge in [0.25, 0.3) is 0 Å². The normalized spacial score (nSPS) is 17.4. The van der Waals surface area contributed by atoms with E-state index in [-0.39, 0.29) is 5.78 Å². The quantitative estimate of drug-likeness (QED) is 0.839. The fourth-order valence-corrected chi connectivity index (χ4v) is 2.92. The zero-order valence-electron chi connectivity index (χ0n) is 12.3. The van der Waals surface area contributed by atoms with E-state index in [0.717, 1.165) is 50.4 Å². The lowest BCUT2D eigenvalue weighted by molar-refractivity contribution is 0.0934. The van der Waals surface area contributed by atoms with Crippen molar-refractivity contribution < 1.29 is 4.79 Å². The van der Waals surface area contributed by atoms with Crippen LogP contribution in [0.2, 0.25) is 0 Å². The third-order valence-electron chi connectivity index (χ3n) is 3.99. The molecule has 1 aliphatic heterocycles. The van der Waals surface area contributed by atoms with Gasteiger partial charge in [-0.2, -0.15) is 0 Å². The van der Waals surface area contributed by atoms with Gasteiger partial charge in [0.2, 0.25) is 0 Å². The molecule has 2 heterocycles. The second-order valence-corrected chi connectivity index (χ2v) is 5.33. The Balaban J connectivity index is 2.07. The Morgan fingerprint density at radius 1 is 1.32 bits per heavy atom. The van der Waals surface area contributed by atoms with Gasteiger partial charge in [-0.05, 0) is 46.3 Å². The zero-order valence-corrected chi connectivity index (χ0v) is 12.3. The van der Waals surface area contributed by atoms with E-state index >= 15 is 0 Å². The number of aryl methyl sites for hydroxylation is 1. The smallest absolute Gasteiger partial charge is 0.178 e. The number of ketones is 1. The van der Waals surface area contributed by atoms with Crippen molar-refractivity contribution in [1.82, 2.24) is 14.8 Å². The average Bonchev–Trinajstić information content (AvgIpc) is 2.58. The van der Waals surface area contributed by atoms with Gasteiger partial charge in [-0.15, -0.1) is 0 Å². The Morgan fingerprint density at radius 3 is 2.79 bits per heavy atom. The lowest BCUT2D eigenvalue weighted by Crippen LogP contribution is -2.33. The average molecular weight is 263 g/mol. The van der Waals surface area contributed by atoms with Gasteiger partial charge in [0, 0.05) is 36.6 Å². The molecule has 0 amide bonds. The SMILES string of the molecule is CCn1c(C)cc(C(=O)CN2CCCNCC2)c1C. The molecule has 0 atom stereocenters. The first kappa shape index (κ1) is 14.3. The van der Waals surface area contributed by atoms with Crippen LogP contribution in [0.1, 0.15) is 35.1 Å². The summed E-state index contributed by atoms with van der Waals surface area (Å²) in [5, 5.41) is 3.37. The van der Waals surface area contributed by atoms with Crippen molar-refractivity contribution in [3.8, 4) is 0 Å². The number of nitrogens with zero attached hydrogens (tertiary/aromatic N) is 2. The maximum absolute atomic E-state index is 12.5. The first-order valence-corrected chi connectivity index (χ1v) is 7.26. The number of rotatable bonds is 4. The number of nitrogens with one attached hydrogen (secondary N) is 1. The molecule has 0 saturated carbocycles. The highest BCUT2D eigenvalue weighted by atomic mass is 16.1. The van der Waals surface area contributed by atoms with Crippen LogP contribution in [0.5, 0.6) is 0 Å². The summed E-state index contributed by atoms with van der Waals surface area (Å²) in [6.45, 7) is 11.8. The largest absolute Gasteiger partial charge is 0.349 e. The highest BCUT2D eigenvalue weighted by molar-refractivity contribution is 5.99. The Kier molecular flexibility index (Phi) is 4.77. The van der Waals surface area contributed by atoms with E-state index < -0.39 is 0 Å². The first-order chi connectivity index (χ1) is 9.13. The molecular formula is C15H25N3O. The van der Waals surface area contributed by atoms with E-state index in [9.17, 15) is 4.79 Å². The van der Waals surface area contributed by atoms with Gasteiger partial charge >= 0.3 is 0 Å². The van der Waals surface area contributed by atoms with Gasteiger partial charge in [-0.1, -0.05) is 0 Å². The second-order valence-electron chi connectivity index (χ2n) is 5.33. The predicted molar refractivity (Wildman–Crippen MR) is 77.8 cm³/mol. The predicted octanol–water partition coefficient (Wildman–Crippen LogP) is 1.60. The summed E-state index contributed by atoms with van der Waals surface area (Å²) >= 11 is 0. The first-order valence-electron chi connectivity index (χ1n) is 7.26. The fraction of sp³-hybridized carbons (Fsp3) is 0.667. The van der Waals surface area contributed by atoms with Crippen molar-refractivity contribution in [2.75, 3.05) is 32.7 Å². The summed E-state index contributed by atoms with van der Waals surface area (Å²) in [6.07, 6.45) is 1.13. The van der Waals surface area contributed by atoms with Crippen molar-refractivity contribution in [3.05, 3.63) is 23.0 Å². The minimum Gasteiger partial charge on any atom is -0.349 e. The van der Waals surface area contributed by atoms with Crippen molar-refractivity contribution >= 4 is 5.78 Å². The fourth-order valence-electron chi connectivity index (χ4n) is 2.92. The molecule has 0 spiro atoms. The third-order valence-corrected chi connectivity index (χ3v) is 3.99. The third kappa shape index (κ3) is 3.25. The number of aromatic nitrogens is 1. The summed E-state index contributed by atoms with van der Waals surface area (Å²) in [5.41, 5.74) is 3.19. The molecule has 1 aliphatic rings. The Labute approximate surface area is 115 Å². The molecule has 1 saturated heterocycles. The van der Waals surface area contributed by atoms with Crippen LogP contribution in [0.3, 0.4) is 0 Å². The maximum atomic E-state index is 12.5. The van der Waals surface area contributed by atoms with Gasteiger partial charge in [0.1, 0.15) is 0 Å². The number of carbonyl (C=O) groups is 1. The molecule has 4 heteroatoms. The van der Waals surface area contributed by atoms with Gasteiger partial charge in [-0.3, -0.25) is 9.69 Å². The van der Waals surface area contributed by atoms with Crippen LogP contribution in [0.4, 0.5) is 0 Å². The van der Waals surface area contributed by atoms with Crippen LogP contribution in [-0.2, 0) is 6.54 Å². The highest BCUT2D eigenvalue weighted by Crippen LogP contribution is 2.16. The summed E-state index contributed by atoms with van der Waals surface area (Å²) in [5.74, 6) is 0.259. The van der Waals surface area contributed by atoms with Crippen molar-refractivity contribution in [2.45, 2.75) is 33.7 Å². The van der Waals surface area contributed by atoms with E-state index in [1.54, 1.807) is 0 Å². The Hall–Kier alpha value is -1.13. The Morgan fingerprint density at radius 2 is 2.11 bits per heavy atom.